The highest BCUT2D eigenvalue weighted by Crippen LogP contribution is 2.24. The Bertz CT molecular complexity index is 449. The molecule has 0 saturated heterocycles. The van der Waals surface area contributed by atoms with E-state index in [0.717, 1.165) is 29.4 Å². The zero-order valence-electron chi connectivity index (χ0n) is 11.9. The molecule has 0 unspecified atom stereocenters. The Morgan fingerprint density at radius 1 is 1.37 bits per heavy atom. The number of nitrogens with zero attached hydrogens (tertiary/aromatic N) is 1. The van der Waals surface area contributed by atoms with Gasteiger partial charge >= 0.3 is 0 Å². The van der Waals surface area contributed by atoms with Crippen molar-refractivity contribution in [2.45, 2.75) is 5.75 Å². The smallest absolute Gasteiger partial charge is 0.122 e. The van der Waals surface area contributed by atoms with E-state index < -0.39 is 0 Å². The van der Waals surface area contributed by atoms with Crippen molar-refractivity contribution in [2.24, 2.45) is 5.73 Å². The number of hydrogen-bond acceptors (Lipinski definition) is 4. The highest BCUT2D eigenvalue weighted by molar-refractivity contribution is 7.98. The molecule has 0 aromatic heterocycles. The van der Waals surface area contributed by atoms with Crippen molar-refractivity contribution in [3.05, 3.63) is 29.3 Å². The van der Waals surface area contributed by atoms with E-state index in [0.29, 0.717) is 6.54 Å². The van der Waals surface area contributed by atoms with E-state index in [4.69, 9.17) is 10.5 Å². The molecule has 1 aromatic rings. The van der Waals surface area contributed by atoms with E-state index >= 15 is 0 Å². The quantitative estimate of drug-likeness (QED) is 0.636. The third kappa shape index (κ3) is 6.02. The fourth-order valence-electron chi connectivity index (χ4n) is 1.55. The van der Waals surface area contributed by atoms with Gasteiger partial charge < -0.3 is 15.4 Å². The zero-order chi connectivity index (χ0) is 14.1. The molecule has 0 spiro atoms. The van der Waals surface area contributed by atoms with Crippen LogP contribution in [-0.2, 0) is 5.75 Å². The molecule has 0 aliphatic heterocycles. The molecular formula is C15H22N2OS. The number of ether oxygens (including phenoxy) is 1. The van der Waals surface area contributed by atoms with Gasteiger partial charge in [-0.3, -0.25) is 0 Å². The summed E-state index contributed by atoms with van der Waals surface area (Å²) in [5.74, 6) is 8.90. The Hall–Kier alpha value is -1.15. The van der Waals surface area contributed by atoms with Crippen LogP contribution < -0.4 is 10.5 Å². The summed E-state index contributed by atoms with van der Waals surface area (Å²) in [5.41, 5.74) is 7.57. The zero-order valence-corrected chi connectivity index (χ0v) is 12.7. The largest absolute Gasteiger partial charge is 0.496 e. The first-order chi connectivity index (χ1) is 9.17. The van der Waals surface area contributed by atoms with Crippen LogP contribution in [0.5, 0.6) is 5.75 Å². The van der Waals surface area contributed by atoms with Crippen LogP contribution in [-0.4, -0.2) is 44.9 Å². The first-order valence-corrected chi connectivity index (χ1v) is 7.41. The van der Waals surface area contributed by atoms with Gasteiger partial charge in [0, 0.05) is 29.2 Å². The average molecular weight is 278 g/mol. The normalized spacial score (nSPS) is 10.2. The summed E-state index contributed by atoms with van der Waals surface area (Å²) < 4.78 is 5.39. The van der Waals surface area contributed by atoms with Crippen LogP contribution in [0.4, 0.5) is 0 Å². The Balaban J connectivity index is 2.67. The van der Waals surface area contributed by atoms with Gasteiger partial charge in [-0.1, -0.05) is 11.8 Å². The predicted molar refractivity (Wildman–Crippen MR) is 83.6 cm³/mol. The van der Waals surface area contributed by atoms with Gasteiger partial charge in [-0.15, -0.1) is 0 Å². The van der Waals surface area contributed by atoms with Crippen LogP contribution >= 0.6 is 11.8 Å². The molecule has 1 rings (SSSR count). The van der Waals surface area contributed by atoms with Gasteiger partial charge in [0.25, 0.3) is 0 Å². The number of benzene rings is 1. The maximum absolute atomic E-state index is 5.39. The van der Waals surface area contributed by atoms with Gasteiger partial charge in [-0.05, 0) is 32.3 Å². The summed E-state index contributed by atoms with van der Waals surface area (Å²) in [4.78, 5) is 2.19. The third-order valence-electron chi connectivity index (χ3n) is 2.56. The standard InChI is InChI=1S/C15H22N2OS/c1-17(2)9-10-19-12-14-11-13(5-4-8-16)6-7-15(14)18-3/h6-7,11H,8-10,12,16H2,1-3H3. The Labute approximate surface area is 120 Å². The molecule has 0 radical (unpaired) electrons. The molecule has 0 saturated carbocycles. The molecule has 4 heteroatoms. The van der Waals surface area contributed by atoms with Gasteiger partial charge in [0.1, 0.15) is 5.75 Å². The second-order valence-corrected chi connectivity index (χ2v) is 5.49. The van der Waals surface area contributed by atoms with E-state index in [1.807, 2.05) is 23.9 Å². The molecule has 0 fully saturated rings. The Kier molecular flexibility index (Phi) is 7.42. The molecule has 104 valence electrons. The van der Waals surface area contributed by atoms with Gasteiger partial charge in [0.2, 0.25) is 0 Å². The summed E-state index contributed by atoms with van der Waals surface area (Å²) in [6, 6.07) is 6.03. The minimum atomic E-state index is 0.388. The molecule has 0 bridgehead atoms. The summed E-state index contributed by atoms with van der Waals surface area (Å²) in [6.45, 7) is 1.47. The first kappa shape index (κ1) is 15.9. The fourth-order valence-corrected chi connectivity index (χ4v) is 2.64. The van der Waals surface area contributed by atoms with E-state index in [9.17, 15) is 0 Å². The summed E-state index contributed by atoms with van der Waals surface area (Å²) in [5, 5.41) is 0. The molecule has 0 aliphatic rings. The lowest BCUT2D eigenvalue weighted by Gasteiger charge is -2.11. The molecule has 0 amide bonds. The number of rotatable bonds is 6. The van der Waals surface area contributed by atoms with E-state index in [1.165, 1.54) is 5.56 Å². The maximum atomic E-state index is 5.39. The van der Waals surface area contributed by atoms with Gasteiger partial charge in [0.05, 0.1) is 13.7 Å². The summed E-state index contributed by atoms with van der Waals surface area (Å²) >= 11 is 1.90. The minimum absolute atomic E-state index is 0.388. The number of thioether (sulfide) groups is 1. The van der Waals surface area contributed by atoms with Crippen LogP contribution in [0.15, 0.2) is 18.2 Å². The highest BCUT2D eigenvalue weighted by atomic mass is 32.2. The maximum Gasteiger partial charge on any atom is 0.122 e. The van der Waals surface area contributed by atoms with Crippen molar-refractivity contribution < 1.29 is 4.74 Å². The average Bonchev–Trinajstić information content (AvgIpc) is 2.41. The lowest BCUT2D eigenvalue weighted by molar-refractivity contribution is 0.411. The molecule has 0 aliphatic carbocycles. The topological polar surface area (TPSA) is 38.5 Å². The Morgan fingerprint density at radius 3 is 2.79 bits per heavy atom. The molecule has 0 atom stereocenters. The van der Waals surface area contributed by atoms with Crippen molar-refractivity contribution in [3.63, 3.8) is 0 Å². The lowest BCUT2D eigenvalue weighted by atomic mass is 10.1. The summed E-state index contributed by atoms with van der Waals surface area (Å²) in [6.07, 6.45) is 0. The SMILES string of the molecule is COc1ccc(C#CCN)cc1CSCCN(C)C. The van der Waals surface area contributed by atoms with Gasteiger partial charge in [-0.2, -0.15) is 11.8 Å². The predicted octanol–water partition coefficient (Wildman–Crippen LogP) is 1.80. The van der Waals surface area contributed by atoms with Crippen molar-refractivity contribution in [1.82, 2.24) is 4.90 Å². The van der Waals surface area contributed by atoms with Crippen LogP contribution in [0.25, 0.3) is 0 Å². The highest BCUT2D eigenvalue weighted by Gasteiger charge is 2.04. The van der Waals surface area contributed by atoms with Crippen LogP contribution in [0.1, 0.15) is 11.1 Å². The first-order valence-electron chi connectivity index (χ1n) is 6.25. The van der Waals surface area contributed by atoms with E-state index in [1.54, 1.807) is 7.11 Å². The minimum Gasteiger partial charge on any atom is -0.496 e. The fraction of sp³-hybridized carbons (Fsp3) is 0.467. The third-order valence-corrected chi connectivity index (χ3v) is 3.54. The van der Waals surface area contributed by atoms with Crippen LogP contribution in [0, 0.1) is 11.8 Å². The number of methoxy groups -OCH3 is 1. The van der Waals surface area contributed by atoms with Crippen LogP contribution in [0.2, 0.25) is 0 Å². The monoisotopic (exact) mass is 278 g/mol. The van der Waals surface area contributed by atoms with Crippen molar-refractivity contribution in [3.8, 4) is 17.6 Å². The molecule has 3 nitrogen and oxygen atoms in total. The molecule has 0 heterocycles. The van der Waals surface area contributed by atoms with Crippen LogP contribution in [0.3, 0.4) is 0 Å². The number of hydrogen-bond donors (Lipinski definition) is 1. The molecule has 19 heavy (non-hydrogen) atoms. The Morgan fingerprint density at radius 2 is 2.16 bits per heavy atom. The van der Waals surface area contributed by atoms with Gasteiger partial charge in [0.15, 0.2) is 0 Å². The lowest BCUT2D eigenvalue weighted by Crippen LogP contribution is -2.14. The van der Waals surface area contributed by atoms with Crippen molar-refractivity contribution >= 4 is 11.8 Å². The summed E-state index contributed by atoms with van der Waals surface area (Å²) in [7, 11) is 5.88. The molecular weight excluding hydrogens is 256 g/mol. The molecule has 2 N–H and O–H groups in total. The van der Waals surface area contributed by atoms with Crippen molar-refractivity contribution in [1.29, 1.82) is 0 Å². The molecule has 1 aromatic carbocycles. The van der Waals surface area contributed by atoms with Crippen molar-refractivity contribution in [2.75, 3.05) is 40.0 Å². The number of nitrogens with two attached hydrogens (primary N) is 1. The second kappa shape index (κ2) is 8.87. The van der Waals surface area contributed by atoms with E-state index in [2.05, 4.69) is 36.9 Å². The van der Waals surface area contributed by atoms with Gasteiger partial charge in [-0.25, -0.2) is 0 Å². The van der Waals surface area contributed by atoms with E-state index in [-0.39, 0.29) is 0 Å². The second-order valence-electron chi connectivity index (χ2n) is 4.39.